The molecule has 1 atom stereocenters. The maximum Gasteiger partial charge on any atom is 0.278 e. The molecule has 104 valence electrons. The lowest BCUT2D eigenvalue weighted by atomic mass is 10.2. The van der Waals surface area contributed by atoms with Gasteiger partial charge in [0.05, 0.1) is 6.33 Å². The number of anilines is 2. The Morgan fingerprint density at radius 1 is 1.40 bits per heavy atom. The summed E-state index contributed by atoms with van der Waals surface area (Å²) in [4.78, 5) is 18.5. The number of aromatic nitrogens is 2. The first kappa shape index (κ1) is 13.6. The molecule has 0 bridgehead atoms. The average Bonchev–Trinajstić information content (AvgIpc) is 2.74. The second-order valence-electron chi connectivity index (χ2n) is 4.56. The lowest BCUT2D eigenvalue weighted by molar-refractivity contribution is 0.797. The number of nitrogens with zero attached hydrogens (tertiary/aromatic N) is 3. The summed E-state index contributed by atoms with van der Waals surface area (Å²) < 4.78 is 2.51. The number of fused-ring (bicyclic) bond motifs is 1. The van der Waals surface area contributed by atoms with E-state index in [2.05, 4.69) is 42.2 Å². The minimum absolute atomic E-state index is 0.0588. The Hall–Kier alpha value is -1.34. The van der Waals surface area contributed by atoms with E-state index in [0.717, 1.165) is 10.0 Å². The van der Waals surface area contributed by atoms with Crippen LogP contribution in [-0.2, 0) is 13.6 Å². The third-order valence-corrected chi connectivity index (χ3v) is 4.72. The molecular formula is C13H12Br2N4O. The highest BCUT2D eigenvalue weighted by Crippen LogP contribution is 2.33. The van der Waals surface area contributed by atoms with E-state index < -0.39 is 0 Å². The fraction of sp³-hybridized carbons (Fsp3) is 0.231. The standard InChI is InChI=1S/C13H12Br2N4O/c1-18-7-16-11-10(12(18)20)19(13(15)17-11)6-8-4-2-3-5-9(8)14/h2-5,7,13,17H,6H2,1H3. The van der Waals surface area contributed by atoms with Crippen LogP contribution in [-0.4, -0.2) is 14.6 Å². The van der Waals surface area contributed by atoms with Crippen LogP contribution in [0, 0.1) is 0 Å². The predicted octanol–water partition coefficient (Wildman–Crippen LogP) is 2.65. The Labute approximate surface area is 132 Å². The number of hydrogen-bond donors (Lipinski definition) is 1. The van der Waals surface area contributed by atoms with Crippen LogP contribution >= 0.6 is 31.9 Å². The first-order valence-electron chi connectivity index (χ1n) is 6.04. The highest BCUT2D eigenvalue weighted by Gasteiger charge is 2.31. The van der Waals surface area contributed by atoms with E-state index in [1.165, 1.54) is 10.9 Å². The lowest BCUT2D eigenvalue weighted by Gasteiger charge is -2.22. The van der Waals surface area contributed by atoms with Crippen LogP contribution in [0.15, 0.2) is 39.9 Å². The Morgan fingerprint density at radius 3 is 2.90 bits per heavy atom. The number of aryl methyl sites for hydroxylation is 1. The minimum atomic E-state index is -0.146. The van der Waals surface area contributed by atoms with Gasteiger partial charge in [0.1, 0.15) is 5.69 Å². The van der Waals surface area contributed by atoms with Gasteiger partial charge in [0.25, 0.3) is 5.56 Å². The molecule has 20 heavy (non-hydrogen) atoms. The topological polar surface area (TPSA) is 50.2 Å². The SMILES string of the molecule is Cn1cnc2c(c1=O)N(Cc1ccccc1Br)C(Br)N2. The second-order valence-corrected chi connectivity index (χ2v) is 6.28. The Bertz CT molecular complexity index is 716. The molecule has 1 aliphatic rings. The molecule has 0 spiro atoms. The molecule has 1 N–H and O–H groups in total. The molecule has 2 heterocycles. The van der Waals surface area contributed by atoms with Crippen molar-refractivity contribution in [3.05, 3.63) is 51.0 Å². The van der Waals surface area contributed by atoms with E-state index >= 15 is 0 Å². The van der Waals surface area contributed by atoms with E-state index in [-0.39, 0.29) is 10.6 Å². The van der Waals surface area contributed by atoms with E-state index in [1.54, 1.807) is 7.05 Å². The van der Waals surface area contributed by atoms with Gasteiger partial charge < -0.3 is 14.8 Å². The van der Waals surface area contributed by atoms with Crippen molar-refractivity contribution in [3.63, 3.8) is 0 Å². The number of nitrogens with one attached hydrogen (secondary N) is 1. The molecule has 7 heteroatoms. The van der Waals surface area contributed by atoms with Crippen molar-refractivity contribution in [1.29, 1.82) is 0 Å². The normalized spacial score (nSPS) is 16.9. The summed E-state index contributed by atoms with van der Waals surface area (Å²) in [5.41, 5.74) is 1.64. The van der Waals surface area contributed by atoms with E-state index in [9.17, 15) is 4.79 Å². The van der Waals surface area contributed by atoms with E-state index in [1.807, 2.05) is 29.2 Å². The zero-order valence-electron chi connectivity index (χ0n) is 10.7. The van der Waals surface area contributed by atoms with Gasteiger partial charge in [0.2, 0.25) is 0 Å². The van der Waals surface area contributed by atoms with Crippen molar-refractivity contribution in [3.8, 4) is 0 Å². The Morgan fingerprint density at radius 2 is 2.15 bits per heavy atom. The van der Waals surface area contributed by atoms with Crippen LogP contribution in [0.1, 0.15) is 5.56 Å². The van der Waals surface area contributed by atoms with E-state index in [4.69, 9.17) is 0 Å². The highest BCUT2D eigenvalue weighted by molar-refractivity contribution is 9.10. The first-order valence-corrected chi connectivity index (χ1v) is 7.75. The maximum absolute atomic E-state index is 12.3. The van der Waals surface area contributed by atoms with Gasteiger partial charge in [-0.25, -0.2) is 4.98 Å². The minimum Gasteiger partial charge on any atom is -0.339 e. The van der Waals surface area contributed by atoms with Gasteiger partial charge in [0.15, 0.2) is 10.9 Å². The summed E-state index contributed by atoms with van der Waals surface area (Å²) in [6.07, 6.45) is 1.52. The molecule has 0 radical (unpaired) electrons. The quantitative estimate of drug-likeness (QED) is 0.623. The molecule has 1 aliphatic heterocycles. The summed E-state index contributed by atoms with van der Waals surface area (Å²) in [5, 5.41) is 3.01. The predicted molar refractivity (Wildman–Crippen MR) is 86.1 cm³/mol. The molecule has 1 unspecified atom stereocenters. The number of benzene rings is 1. The summed E-state index contributed by atoms with van der Waals surface area (Å²) in [5.74, 6) is 0.613. The van der Waals surface area contributed by atoms with E-state index in [0.29, 0.717) is 18.1 Å². The van der Waals surface area contributed by atoms with Crippen LogP contribution in [0.25, 0.3) is 0 Å². The molecule has 0 fully saturated rings. The number of halogens is 2. The monoisotopic (exact) mass is 398 g/mol. The molecule has 3 rings (SSSR count). The number of hydrogen-bond acceptors (Lipinski definition) is 4. The number of rotatable bonds is 2. The van der Waals surface area contributed by atoms with Crippen molar-refractivity contribution >= 4 is 43.4 Å². The van der Waals surface area contributed by atoms with Gasteiger partial charge in [-0.15, -0.1) is 0 Å². The van der Waals surface area contributed by atoms with Crippen molar-refractivity contribution in [1.82, 2.24) is 9.55 Å². The first-order chi connectivity index (χ1) is 9.58. The summed E-state index contributed by atoms with van der Waals surface area (Å²) in [6, 6.07) is 7.97. The highest BCUT2D eigenvalue weighted by atomic mass is 79.9. The van der Waals surface area contributed by atoms with Crippen molar-refractivity contribution in [2.24, 2.45) is 7.05 Å². The van der Waals surface area contributed by atoms with Crippen LogP contribution in [0.2, 0.25) is 0 Å². The largest absolute Gasteiger partial charge is 0.339 e. The Kier molecular flexibility index (Phi) is 3.55. The zero-order valence-corrected chi connectivity index (χ0v) is 13.8. The molecule has 0 amide bonds. The third-order valence-electron chi connectivity index (χ3n) is 3.22. The number of alkyl halides is 1. The fourth-order valence-electron chi connectivity index (χ4n) is 2.16. The van der Waals surface area contributed by atoms with Crippen molar-refractivity contribution < 1.29 is 0 Å². The third kappa shape index (κ3) is 2.25. The molecular weight excluding hydrogens is 388 g/mol. The van der Waals surface area contributed by atoms with Gasteiger partial charge in [-0.1, -0.05) is 34.1 Å². The van der Waals surface area contributed by atoms with Crippen molar-refractivity contribution in [2.45, 2.75) is 11.6 Å². The smallest absolute Gasteiger partial charge is 0.278 e. The van der Waals surface area contributed by atoms with Crippen LogP contribution < -0.4 is 15.8 Å². The maximum atomic E-state index is 12.3. The van der Waals surface area contributed by atoms with Gasteiger partial charge in [-0.05, 0) is 27.6 Å². The molecule has 5 nitrogen and oxygen atoms in total. The molecule has 0 aliphatic carbocycles. The lowest BCUT2D eigenvalue weighted by Crippen LogP contribution is -2.33. The van der Waals surface area contributed by atoms with Crippen molar-refractivity contribution in [2.75, 3.05) is 10.2 Å². The van der Waals surface area contributed by atoms with Gasteiger partial charge in [0, 0.05) is 18.1 Å². The van der Waals surface area contributed by atoms with Gasteiger partial charge in [-0.2, -0.15) is 0 Å². The van der Waals surface area contributed by atoms with Gasteiger partial charge in [-0.3, -0.25) is 4.79 Å². The van der Waals surface area contributed by atoms with Crippen LogP contribution in [0.4, 0.5) is 11.5 Å². The molecule has 1 aromatic heterocycles. The Balaban J connectivity index is 2.03. The summed E-state index contributed by atoms with van der Waals surface area (Å²) >= 11 is 7.07. The average molecular weight is 400 g/mol. The van der Waals surface area contributed by atoms with Crippen LogP contribution in [0.3, 0.4) is 0 Å². The van der Waals surface area contributed by atoms with Crippen LogP contribution in [0.5, 0.6) is 0 Å². The molecule has 2 aromatic rings. The molecule has 0 saturated carbocycles. The van der Waals surface area contributed by atoms with Gasteiger partial charge >= 0.3 is 0 Å². The second kappa shape index (κ2) is 5.21. The molecule has 1 aromatic carbocycles. The molecule has 0 saturated heterocycles. The zero-order chi connectivity index (χ0) is 14.3. The summed E-state index contributed by atoms with van der Waals surface area (Å²) in [7, 11) is 1.70. The fourth-order valence-corrected chi connectivity index (χ4v) is 3.14. The summed E-state index contributed by atoms with van der Waals surface area (Å²) in [6.45, 7) is 0.609.